The summed E-state index contributed by atoms with van der Waals surface area (Å²) in [6.45, 7) is -1.57. The molecule has 0 aromatic heterocycles. The minimum Gasteiger partial charge on any atom is -0.371 e. The van der Waals surface area contributed by atoms with Gasteiger partial charge >= 0.3 is 6.18 Å². The molecule has 0 saturated heterocycles. The first kappa shape index (κ1) is 15.6. The molecule has 0 spiro atoms. The molecule has 0 aromatic rings. The van der Waals surface area contributed by atoms with Gasteiger partial charge in [-0.2, -0.15) is 13.2 Å². The highest BCUT2D eigenvalue weighted by atomic mass is 32.2. The Kier molecular flexibility index (Phi) is 6.88. The molecule has 0 unspecified atom stereocenters. The van der Waals surface area contributed by atoms with E-state index in [1.807, 2.05) is 0 Å². The third-order valence-electron chi connectivity index (χ3n) is 1.45. The fourth-order valence-electron chi connectivity index (χ4n) is 0.766. The molecule has 0 aliphatic carbocycles. The van der Waals surface area contributed by atoms with Gasteiger partial charge in [-0.05, 0) is 7.05 Å². The third kappa shape index (κ3) is 10.1. The predicted molar refractivity (Wildman–Crippen MR) is 52.6 cm³/mol. The van der Waals surface area contributed by atoms with Crippen molar-refractivity contribution in [3.05, 3.63) is 0 Å². The first-order valence-corrected chi connectivity index (χ1v) is 6.18. The van der Waals surface area contributed by atoms with Crippen LogP contribution in [0.5, 0.6) is 0 Å². The fraction of sp³-hybridized carbons (Fsp3) is 1.00. The summed E-state index contributed by atoms with van der Waals surface area (Å²) in [5.41, 5.74) is 0. The van der Waals surface area contributed by atoms with Crippen molar-refractivity contribution in [2.75, 3.05) is 39.1 Å². The van der Waals surface area contributed by atoms with Gasteiger partial charge in [-0.1, -0.05) is 0 Å². The van der Waals surface area contributed by atoms with E-state index in [1.165, 1.54) is 0 Å². The van der Waals surface area contributed by atoms with Gasteiger partial charge in [0.1, 0.15) is 6.61 Å². The summed E-state index contributed by atoms with van der Waals surface area (Å²) in [5, 5.41) is 2.65. The first-order valence-electron chi connectivity index (χ1n) is 4.53. The highest BCUT2D eigenvalue weighted by Gasteiger charge is 2.27. The van der Waals surface area contributed by atoms with Gasteiger partial charge in [0, 0.05) is 13.1 Å². The molecule has 0 radical (unpaired) electrons. The molecule has 9 heteroatoms. The topological polar surface area (TPSA) is 67.4 Å². The number of nitrogens with one attached hydrogen (secondary N) is 2. The lowest BCUT2D eigenvalue weighted by Gasteiger charge is -2.08. The Morgan fingerprint density at radius 3 is 2.38 bits per heavy atom. The molecule has 0 bridgehead atoms. The minimum absolute atomic E-state index is 0.122. The van der Waals surface area contributed by atoms with Crippen molar-refractivity contribution in [3.63, 3.8) is 0 Å². The van der Waals surface area contributed by atoms with Crippen LogP contribution in [-0.2, 0) is 14.8 Å². The van der Waals surface area contributed by atoms with Crippen LogP contribution in [0.3, 0.4) is 0 Å². The van der Waals surface area contributed by atoms with Crippen molar-refractivity contribution in [2.45, 2.75) is 6.18 Å². The van der Waals surface area contributed by atoms with Crippen LogP contribution in [0.1, 0.15) is 0 Å². The van der Waals surface area contributed by atoms with Crippen molar-refractivity contribution >= 4 is 10.0 Å². The van der Waals surface area contributed by atoms with Crippen molar-refractivity contribution in [2.24, 2.45) is 0 Å². The van der Waals surface area contributed by atoms with E-state index in [-0.39, 0.29) is 25.4 Å². The van der Waals surface area contributed by atoms with Crippen LogP contribution in [0.4, 0.5) is 13.2 Å². The number of sulfonamides is 1. The van der Waals surface area contributed by atoms with E-state index < -0.39 is 22.8 Å². The van der Waals surface area contributed by atoms with Crippen LogP contribution in [0.15, 0.2) is 0 Å². The zero-order valence-electron chi connectivity index (χ0n) is 8.80. The number of hydrogen-bond acceptors (Lipinski definition) is 4. The molecule has 0 rings (SSSR count). The molecule has 0 aliphatic heterocycles. The number of hydrogen-bond donors (Lipinski definition) is 2. The molecule has 98 valence electrons. The Hall–Kier alpha value is -0.380. The van der Waals surface area contributed by atoms with E-state index >= 15 is 0 Å². The lowest BCUT2D eigenvalue weighted by Crippen LogP contribution is -2.33. The second-order valence-electron chi connectivity index (χ2n) is 2.98. The van der Waals surface area contributed by atoms with Gasteiger partial charge in [0.2, 0.25) is 10.0 Å². The van der Waals surface area contributed by atoms with Gasteiger partial charge in [0.25, 0.3) is 0 Å². The predicted octanol–water partition coefficient (Wildman–Crippen LogP) is -0.296. The Balaban J connectivity index is 3.58. The van der Waals surface area contributed by atoms with Crippen LogP contribution < -0.4 is 10.0 Å². The Morgan fingerprint density at radius 2 is 1.88 bits per heavy atom. The highest BCUT2D eigenvalue weighted by molar-refractivity contribution is 7.89. The Labute approximate surface area is 92.4 Å². The largest absolute Gasteiger partial charge is 0.411 e. The lowest BCUT2D eigenvalue weighted by molar-refractivity contribution is -0.173. The highest BCUT2D eigenvalue weighted by Crippen LogP contribution is 2.13. The summed E-state index contributed by atoms with van der Waals surface area (Å²) in [4.78, 5) is 0. The van der Waals surface area contributed by atoms with Crippen molar-refractivity contribution in [3.8, 4) is 0 Å². The Bertz CT molecular complexity index is 279. The maximum absolute atomic E-state index is 11.6. The molecule has 5 nitrogen and oxygen atoms in total. The molecule has 0 heterocycles. The van der Waals surface area contributed by atoms with Gasteiger partial charge in [-0.25, -0.2) is 13.1 Å². The number of rotatable bonds is 8. The second kappa shape index (κ2) is 7.05. The van der Waals surface area contributed by atoms with Crippen LogP contribution in [0.2, 0.25) is 0 Å². The van der Waals surface area contributed by atoms with Crippen LogP contribution in [0, 0.1) is 0 Å². The van der Waals surface area contributed by atoms with Crippen LogP contribution >= 0.6 is 0 Å². The maximum atomic E-state index is 11.6. The lowest BCUT2D eigenvalue weighted by atomic mass is 10.7. The molecular weight excluding hydrogens is 249 g/mol. The maximum Gasteiger partial charge on any atom is 0.411 e. The summed E-state index contributed by atoms with van der Waals surface area (Å²) >= 11 is 0. The molecule has 0 amide bonds. The van der Waals surface area contributed by atoms with E-state index in [9.17, 15) is 21.6 Å². The number of ether oxygens (including phenoxy) is 1. The normalized spacial score (nSPS) is 13.0. The molecule has 0 aliphatic rings. The number of alkyl halides is 3. The van der Waals surface area contributed by atoms with E-state index in [1.54, 1.807) is 7.05 Å². The summed E-state index contributed by atoms with van der Waals surface area (Å²) in [5.74, 6) is -0.122. The third-order valence-corrected chi connectivity index (χ3v) is 2.84. The average Bonchev–Trinajstić information content (AvgIpc) is 2.12. The SMILES string of the molecule is CNCCS(=O)(=O)NCCOCC(F)(F)F. The second-order valence-corrected chi connectivity index (χ2v) is 4.91. The summed E-state index contributed by atoms with van der Waals surface area (Å²) in [6.07, 6.45) is -4.38. The van der Waals surface area contributed by atoms with Gasteiger partial charge in [-0.15, -0.1) is 0 Å². The summed E-state index contributed by atoms with van der Waals surface area (Å²) in [6, 6.07) is 0. The van der Waals surface area contributed by atoms with Gasteiger partial charge in [-0.3, -0.25) is 0 Å². The fourth-order valence-corrected chi connectivity index (χ4v) is 1.78. The first-order chi connectivity index (χ1) is 7.27. The average molecular weight is 264 g/mol. The van der Waals surface area contributed by atoms with Gasteiger partial charge in [0.15, 0.2) is 0 Å². The number of halogens is 3. The van der Waals surface area contributed by atoms with E-state index in [4.69, 9.17) is 0 Å². The van der Waals surface area contributed by atoms with Crippen molar-refractivity contribution in [1.82, 2.24) is 10.0 Å². The molecule has 16 heavy (non-hydrogen) atoms. The van der Waals surface area contributed by atoms with Crippen molar-refractivity contribution in [1.29, 1.82) is 0 Å². The van der Waals surface area contributed by atoms with Crippen LogP contribution in [0.25, 0.3) is 0 Å². The standard InChI is InChI=1S/C7H15F3N2O3S/c1-11-3-5-16(13,14)12-2-4-15-6-7(8,9)10/h11-12H,2-6H2,1H3. The quantitative estimate of drug-likeness (QED) is 0.591. The van der Waals surface area contributed by atoms with Gasteiger partial charge in [0.05, 0.1) is 12.4 Å². The van der Waals surface area contributed by atoms with E-state index in [0.29, 0.717) is 0 Å². The monoisotopic (exact) mass is 264 g/mol. The van der Waals surface area contributed by atoms with Crippen LogP contribution in [-0.4, -0.2) is 53.7 Å². The summed E-state index contributed by atoms with van der Waals surface area (Å²) in [7, 11) is -1.83. The molecule has 2 N–H and O–H groups in total. The van der Waals surface area contributed by atoms with Crippen molar-refractivity contribution < 1.29 is 26.3 Å². The molecular formula is C7H15F3N2O3S. The minimum atomic E-state index is -4.38. The zero-order valence-corrected chi connectivity index (χ0v) is 9.62. The zero-order chi connectivity index (χ0) is 12.7. The molecule has 0 saturated carbocycles. The van der Waals surface area contributed by atoms with E-state index in [2.05, 4.69) is 14.8 Å². The smallest absolute Gasteiger partial charge is 0.371 e. The molecule has 0 atom stereocenters. The molecule has 0 fully saturated rings. The van der Waals surface area contributed by atoms with E-state index in [0.717, 1.165) is 0 Å². The Morgan fingerprint density at radius 1 is 1.25 bits per heavy atom. The summed E-state index contributed by atoms with van der Waals surface area (Å²) < 4.78 is 63.4. The molecule has 0 aromatic carbocycles. The van der Waals surface area contributed by atoms with Gasteiger partial charge < -0.3 is 10.1 Å².